The largest absolute Gasteiger partial charge is 0.355 e. The maximum atomic E-state index is 11.3. The van der Waals surface area contributed by atoms with E-state index in [1.807, 2.05) is 25.2 Å². The van der Waals surface area contributed by atoms with Crippen LogP contribution in [0.4, 0.5) is 0 Å². The lowest BCUT2D eigenvalue weighted by Crippen LogP contribution is -2.30. The smallest absolute Gasteiger partial charge is 0.220 e. The first kappa shape index (κ1) is 11.7. The van der Waals surface area contributed by atoms with Crippen LogP contribution in [0.25, 0.3) is 0 Å². The van der Waals surface area contributed by atoms with Crippen LogP contribution in [-0.4, -0.2) is 31.0 Å². The molecule has 0 aromatic carbocycles. The summed E-state index contributed by atoms with van der Waals surface area (Å²) in [5, 5.41) is 5.79. The predicted octanol–water partition coefficient (Wildman–Crippen LogP) is 0.350. The van der Waals surface area contributed by atoms with Gasteiger partial charge in [0.2, 0.25) is 5.91 Å². The molecule has 4 nitrogen and oxygen atoms in total. The van der Waals surface area contributed by atoms with Gasteiger partial charge in [-0.3, -0.25) is 9.78 Å². The molecule has 1 heterocycles. The molecule has 1 amide bonds. The Morgan fingerprint density at radius 1 is 1.40 bits per heavy atom. The number of carbonyl (C=O) groups excluding carboxylic acids is 1. The third-order valence-electron chi connectivity index (χ3n) is 2.03. The highest BCUT2D eigenvalue weighted by molar-refractivity contribution is 5.76. The van der Waals surface area contributed by atoms with Gasteiger partial charge in [0.1, 0.15) is 0 Å². The van der Waals surface area contributed by atoms with Crippen LogP contribution in [0.1, 0.15) is 12.1 Å². The zero-order valence-corrected chi connectivity index (χ0v) is 8.99. The second-order valence-electron chi connectivity index (χ2n) is 3.27. The topological polar surface area (TPSA) is 54.0 Å². The number of nitrogens with zero attached hydrogens (tertiary/aromatic N) is 1. The molecule has 0 fully saturated rings. The minimum atomic E-state index is 0.0795. The Bertz CT molecular complexity index is 287. The van der Waals surface area contributed by atoms with Gasteiger partial charge >= 0.3 is 0 Å². The Morgan fingerprint density at radius 2 is 2.27 bits per heavy atom. The van der Waals surface area contributed by atoms with Crippen LogP contribution < -0.4 is 10.6 Å². The molecular weight excluding hydrogens is 190 g/mol. The zero-order chi connectivity index (χ0) is 10.9. The molecule has 0 spiro atoms. The Morgan fingerprint density at radius 3 is 2.93 bits per heavy atom. The van der Waals surface area contributed by atoms with E-state index in [0.717, 1.165) is 12.2 Å². The maximum Gasteiger partial charge on any atom is 0.220 e. The van der Waals surface area contributed by atoms with E-state index in [-0.39, 0.29) is 5.91 Å². The van der Waals surface area contributed by atoms with Crippen LogP contribution in [0, 0.1) is 0 Å². The summed E-state index contributed by atoms with van der Waals surface area (Å²) >= 11 is 0. The fraction of sp³-hybridized carbons (Fsp3) is 0.455. The molecule has 0 atom stereocenters. The summed E-state index contributed by atoms with van der Waals surface area (Å²) < 4.78 is 0. The molecule has 1 aromatic rings. The van der Waals surface area contributed by atoms with E-state index >= 15 is 0 Å². The minimum Gasteiger partial charge on any atom is -0.355 e. The summed E-state index contributed by atoms with van der Waals surface area (Å²) in [6.45, 7) is 1.48. The fourth-order valence-corrected chi connectivity index (χ4v) is 1.20. The van der Waals surface area contributed by atoms with Gasteiger partial charge in [-0.1, -0.05) is 6.07 Å². The van der Waals surface area contributed by atoms with Crippen LogP contribution in [-0.2, 0) is 11.2 Å². The number of aryl methyl sites for hydroxylation is 1. The summed E-state index contributed by atoms with van der Waals surface area (Å²) in [6, 6.07) is 5.73. The van der Waals surface area contributed by atoms with E-state index in [1.165, 1.54) is 0 Å². The van der Waals surface area contributed by atoms with Crippen LogP contribution in [0.15, 0.2) is 24.4 Å². The van der Waals surface area contributed by atoms with Gasteiger partial charge in [-0.25, -0.2) is 0 Å². The summed E-state index contributed by atoms with van der Waals surface area (Å²) in [5.41, 5.74) is 0.960. The first-order valence-corrected chi connectivity index (χ1v) is 5.14. The van der Waals surface area contributed by atoms with E-state index in [9.17, 15) is 4.79 Å². The molecule has 0 saturated heterocycles. The second kappa shape index (κ2) is 6.95. The van der Waals surface area contributed by atoms with Crippen molar-refractivity contribution in [2.75, 3.05) is 20.1 Å². The lowest BCUT2D eigenvalue weighted by atomic mass is 10.2. The van der Waals surface area contributed by atoms with Crippen LogP contribution >= 0.6 is 0 Å². The first-order valence-electron chi connectivity index (χ1n) is 5.14. The van der Waals surface area contributed by atoms with E-state index in [0.29, 0.717) is 19.4 Å². The SMILES string of the molecule is CNCCNC(=O)CCc1ccccn1. The summed E-state index contributed by atoms with van der Waals surface area (Å²) in [7, 11) is 1.86. The molecule has 1 aromatic heterocycles. The number of rotatable bonds is 6. The molecule has 4 heteroatoms. The van der Waals surface area contributed by atoms with E-state index in [1.54, 1.807) is 6.20 Å². The van der Waals surface area contributed by atoms with Crippen molar-refractivity contribution in [1.29, 1.82) is 0 Å². The summed E-state index contributed by atoms with van der Waals surface area (Å²) in [4.78, 5) is 15.5. The molecule has 0 unspecified atom stereocenters. The van der Waals surface area contributed by atoms with Gasteiger partial charge in [-0.05, 0) is 25.6 Å². The van der Waals surface area contributed by atoms with Gasteiger partial charge in [0.15, 0.2) is 0 Å². The normalized spacial score (nSPS) is 9.93. The highest BCUT2D eigenvalue weighted by Crippen LogP contribution is 1.97. The number of carbonyl (C=O) groups is 1. The van der Waals surface area contributed by atoms with E-state index in [2.05, 4.69) is 15.6 Å². The molecular formula is C11H17N3O. The summed E-state index contributed by atoms with van der Waals surface area (Å²) in [5.74, 6) is 0.0795. The Balaban J connectivity index is 2.17. The molecule has 2 N–H and O–H groups in total. The lowest BCUT2D eigenvalue weighted by Gasteiger charge is -2.04. The van der Waals surface area contributed by atoms with Crippen molar-refractivity contribution in [2.24, 2.45) is 0 Å². The highest BCUT2D eigenvalue weighted by atomic mass is 16.1. The van der Waals surface area contributed by atoms with E-state index in [4.69, 9.17) is 0 Å². The molecule has 0 aliphatic heterocycles. The number of hydrogen-bond acceptors (Lipinski definition) is 3. The third kappa shape index (κ3) is 5.12. The number of hydrogen-bond donors (Lipinski definition) is 2. The Kier molecular flexibility index (Phi) is 5.40. The Labute approximate surface area is 90.1 Å². The van der Waals surface area contributed by atoms with Crippen molar-refractivity contribution >= 4 is 5.91 Å². The van der Waals surface area contributed by atoms with Gasteiger partial charge < -0.3 is 10.6 Å². The molecule has 15 heavy (non-hydrogen) atoms. The lowest BCUT2D eigenvalue weighted by molar-refractivity contribution is -0.121. The van der Waals surface area contributed by atoms with Crippen LogP contribution in [0.2, 0.25) is 0 Å². The van der Waals surface area contributed by atoms with Crippen LogP contribution in [0.5, 0.6) is 0 Å². The number of amides is 1. The molecule has 0 aliphatic rings. The van der Waals surface area contributed by atoms with Gasteiger partial charge in [-0.15, -0.1) is 0 Å². The average Bonchev–Trinajstić information content (AvgIpc) is 2.28. The van der Waals surface area contributed by atoms with Crippen molar-refractivity contribution in [3.63, 3.8) is 0 Å². The van der Waals surface area contributed by atoms with Crippen molar-refractivity contribution in [1.82, 2.24) is 15.6 Å². The van der Waals surface area contributed by atoms with Crippen molar-refractivity contribution in [3.8, 4) is 0 Å². The minimum absolute atomic E-state index is 0.0795. The third-order valence-corrected chi connectivity index (χ3v) is 2.03. The summed E-state index contributed by atoms with van der Waals surface area (Å²) in [6.07, 6.45) is 2.95. The first-order chi connectivity index (χ1) is 7.33. The predicted molar refractivity (Wildman–Crippen MR) is 59.5 cm³/mol. The number of pyridine rings is 1. The number of likely N-dealkylation sites (N-methyl/N-ethyl adjacent to an activating group) is 1. The Hall–Kier alpha value is -1.42. The van der Waals surface area contributed by atoms with Crippen molar-refractivity contribution < 1.29 is 4.79 Å². The zero-order valence-electron chi connectivity index (χ0n) is 8.99. The van der Waals surface area contributed by atoms with Crippen molar-refractivity contribution in [2.45, 2.75) is 12.8 Å². The van der Waals surface area contributed by atoms with Gasteiger partial charge in [0, 0.05) is 31.4 Å². The number of aromatic nitrogens is 1. The fourth-order valence-electron chi connectivity index (χ4n) is 1.20. The van der Waals surface area contributed by atoms with Crippen molar-refractivity contribution in [3.05, 3.63) is 30.1 Å². The molecule has 0 saturated carbocycles. The van der Waals surface area contributed by atoms with E-state index < -0.39 is 0 Å². The maximum absolute atomic E-state index is 11.3. The molecule has 0 bridgehead atoms. The monoisotopic (exact) mass is 207 g/mol. The van der Waals surface area contributed by atoms with Gasteiger partial charge in [-0.2, -0.15) is 0 Å². The molecule has 0 aliphatic carbocycles. The van der Waals surface area contributed by atoms with Gasteiger partial charge in [0.05, 0.1) is 0 Å². The molecule has 1 rings (SSSR count). The average molecular weight is 207 g/mol. The van der Waals surface area contributed by atoms with Gasteiger partial charge in [0.25, 0.3) is 0 Å². The second-order valence-corrected chi connectivity index (χ2v) is 3.27. The standard InChI is InChI=1S/C11H17N3O/c1-12-8-9-14-11(15)6-5-10-4-2-3-7-13-10/h2-4,7,12H,5-6,8-9H2,1H3,(H,14,15). The highest BCUT2D eigenvalue weighted by Gasteiger charge is 2.01. The molecule has 82 valence electrons. The molecule has 0 radical (unpaired) electrons. The quantitative estimate of drug-likeness (QED) is 0.662. The van der Waals surface area contributed by atoms with Crippen LogP contribution in [0.3, 0.4) is 0 Å². The number of nitrogens with one attached hydrogen (secondary N) is 2.